The molecule has 0 spiro atoms. The molecule has 0 saturated heterocycles. The molecule has 0 saturated carbocycles. The van der Waals surface area contributed by atoms with Crippen LogP contribution in [0.1, 0.15) is 38.1 Å². The number of rotatable bonds is 7. The van der Waals surface area contributed by atoms with Crippen molar-refractivity contribution in [2.45, 2.75) is 39.3 Å². The molecule has 0 aliphatic carbocycles. The van der Waals surface area contributed by atoms with Gasteiger partial charge in [0.15, 0.2) is 0 Å². The van der Waals surface area contributed by atoms with Gasteiger partial charge < -0.3 is 10.2 Å². The highest BCUT2D eigenvalue weighted by Crippen LogP contribution is 2.25. The summed E-state index contributed by atoms with van der Waals surface area (Å²) in [5.74, 6) is 0. The van der Waals surface area contributed by atoms with E-state index in [9.17, 15) is 0 Å². The van der Waals surface area contributed by atoms with E-state index in [1.165, 1.54) is 15.8 Å². The third kappa shape index (κ3) is 5.08. The first-order valence-corrected chi connectivity index (χ1v) is 7.89. The Hall–Kier alpha value is 0.1000. The molecule has 2 unspecified atom stereocenters. The second kappa shape index (κ2) is 7.52. The van der Waals surface area contributed by atoms with E-state index in [4.69, 9.17) is 0 Å². The summed E-state index contributed by atoms with van der Waals surface area (Å²) in [5, 5.41) is 5.71. The Labute approximate surface area is 118 Å². The summed E-state index contributed by atoms with van der Waals surface area (Å²) < 4.78 is 1.18. The van der Waals surface area contributed by atoms with Crippen molar-refractivity contribution < 1.29 is 0 Å². The Morgan fingerprint density at radius 1 is 1.47 bits per heavy atom. The maximum absolute atomic E-state index is 3.57. The predicted molar refractivity (Wildman–Crippen MR) is 80.8 cm³/mol. The molecule has 0 aliphatic heterocycles. The molecule has 1 heterocycles. The maximum atomic E-state index is 3.57. The molecule has 0 aromatic carbocycles. The Morgan fingerprint density at radius 3 is 2.71 bits per heavy atom. The van der Waals surface area contributed by atoms with Crippen LogP contribution in [0.5, 0.6) is 0 Å². The van der Waals surface area contributed by atoms with Crippen molar-refractivity contribution in [2.75, 3.05) is 20.1 Å². The largest absolute Gasteiger partial charge is 0.308 e. The van der Waals surface area contributed by atoms with Crippen LogP contribution in [0.2, 0.25) is 0 Å². The quantitative estimate of drug-likeness (QED) is 0.820. The van der Waals surface area contributed by atoms with Gasteiger partial charge in [-0.15, -0.1) is 11.3 Å². The fourth-order valence-electron chi connectivity index (χ4n) is 1.65. The van der Waals surface area contributed by atoms with Gasteiger partial charge in [0.05, 0.1) is 0 Å². The SMILES string of the molecule is CCC(C)N(C)CCNC(C)c1cc(Br)cs1. The summed E-state index contributed by atoms with van der Waals surface area (Å²) in [4.78, 5) is 3.80. The van der Waals surface area contributed by atoms with Gasteiger partial charge in [-0.25, -0.2) is 0 Å². The van der Waals surface area contributed by atoms with Crippen LogP contribution in [0.3, 0.4) is 0 Å². The molecule has 17 heavy (non-hydrogen) atoms. The molecule has 98 valence electrons. The number of hydrogen-bond acceptors (Lipinski definition) is 3. The molecular formula is C13H23BrN2S. The lowest BCUT2D eigenvalue weighted by Crippen LogP contribution is -2.35. The minimum atomic E-state index is 0.441. The summed E-state index contributed by atoms with van der Waals surface area (Å²) in [6, 6.07) is 3.31. The number of thiophene rings is 1. The van der Waals surface area contributed by atoms with Crippen molar-refractivity contribution in [3.8, 4) is 0 Å². The van der Waals surface area contributed by atoms with Crippen LogP contribution in [0.4, 0.5) is 0 Å². The van der Waals surface area contributed by atoms with Crippen molar-refractivity contribution >= 4 is 27.3 Å². The molecule has 1 N–H and O–H groups in total. The van der Waals surface area contributed by atoms with Crippen LogP contribution >= 0.6 is 27.3 Å². The first-order valence-electron chi connectivity index (χ1n) is 6.22. The lowest BCUT2D eigenvalue weighted by Gasteiger charge is -2.24. The molecule has 1 aromatic rings. The lowest BCUT2D eigenvalue weighted by molar-refractivity contribution is 0.249. The minimum Gasteiger partial charge on any atom is -0.308 e. The third-order valence-electron chi connectivity index (χ3n) is 3.27. The fourth-order valence-corrected chi connectivity index (χ4v) is 3.12. The second-order valence-electron chi connectivity index (χ2n) is 4.58. The van der Waals surface area contributed by atoms with Gasteiger partial charge in [-0.05, 0) is 49.3 Å². The molecule has 1 rings (SSSR count). The average molecular weight is 319 g/mol. The molecule has 4 heteroatoms. The van der Waals surface area contributed by atoms with E-state index in [1.807, 2.05) is 0 Å². The van der Waals surface area contributed by atoms with Crippen molar-refractivity contribution in [1.29, 1.82) is 0 Å². The second-order valence-corrected chi connectivity index (χ2v) is 6.44. The highest BCUT2D eigenvalue weighted by molar-refractivity contribution is 9.10. The highest BCUT2D eigenvalue weighted by atomic mass is 79.9. The van der Waals surface area contributed by atoms with Crippen LogP contribution in [-0.4, -0.2) is 31.1 Å². The molecule has 1 aromatic heterocycles. The van der Waals surface area contributed by atoms with Crippen LogP contribution in [0.15, 0.2) is 15.9 Å². The zero-order chi connectivity index (χ0) is 12.8. The van der Waals surface area contributed by atoms with Gasteiger partial charge in [0.25, 0.3) is 0 Å². The fraction of sp³-hybridized carbons (Fsp3) is 0.692. The zero-order valence-corrected chi connectivity index (χ0v) is 13.6. The summed E-state index contributed by atoms with van der Waals surface area (Å²) in [5.41, 5.74) is 0. The molecule has 0 amide bonds. The van der Waals surface area contributed by atoms with Gasteiger partial charge in [-0.3, -0.25) is 0 Å². The van der Waals surface area contributed by atoms with Crippen LogP contribution in [0, 0.1) is 0 Å². The summed E-state index contributed by atoms with van der Waals surface area (Å²) in [7, 11) is 2.20. The van der Waals surface area contributed by atoms with E-state index < -0.39 is 0 Å². The monoisotopic (exact) mass is 318 g/mol. The van der Waals surface area contributed by atoms with E-state index in [0.29, 0.717) is 12.1 Å². The molecular weight excluding hydrogens is 296 g/mol. The third-order valence-corrected chi connectivity index (χ3v) is 5.15. The van der Waals surface area contributed by atoms with Crippen molar-refractivity contribution in [1.82, 2.24) is 10.2 Å². The van der Waals surface area contributed by atoms with Gasteiger partial charge in [0.1, 0.15) is 0 Å². The zero-order valence-electron chi connectivity index (χ0n) is 11.2. The Bertz CT molecular complexity index is 327. The van der Waals surface area contributed by atoms with Gasteiger partial charge >= 0.3 is 0 Å². The lowest BCUT2D eigenvalue weighted by atomic mass is 10.2. The van der Waals surface area contributed by atoms with E-state index in [2.05, 4.69) is 65.4 Å². The molecule has 2 atom stereocenters. The first kappa shape index (κ1) is 15.2. The van der Waals surface area contributed by atoms with E-state index >= 15 is 0 Å². The standard InChI is InChI=1S/C13H23BrN2S/c1-5-10(2)16(4)7-6-15-11(3)13-8-12(14)9-17-13/h8-11,15H,5-7H2,1-4H3. The molecule has 0 radical (unpaired) electrons. The molecule has 0 aliphatic rings. The van der Waals surface area contributed by atoms with E-state index in [-0.39, 0.29) is 0 Å². The van der Waals surface area contributed by atoms with Gasteiger partial charge in [0.2, 0.25) is 0 Å². The Balaban J connectivity index is 2.27. The number of likely N-dealkylation sites (N-methyl/N-ethyl adjacent to an activating group) is 1. The topological polar surface area (TPSA) is 15.3 Å². The highest BCUT2D eigenvalue weighted by Gasteiger charge is 2.09. The van der Waals surface area contributed by atoms with Crippen LogP contribution in [-0.2, 0) is 0 Å². The Morgan fingerprint density at radius 2 is 2.18 bits per heavy atom. The normalized spacial score (nSPS) is 15.2. The summed E-state index contributed by atoms with van der Waals surface area (Å²) in [6.07, 6.45) is 1.21. The number of halogens is 1. The molecule has 2 nitrogen and oxygen atoms in total. The first-order chi connectivity index (χ1) is 8.04. The number of hydrogen-bond donors (Lipinski definition) is 1. The number of nitrogens with one attached hydrogen (secondary N) is 1. The van der Waals surface area contributed by atoms with E-state index in [1.54, 1.807) is 11.3 Å². The number of nitrogens with zero attached hydrogens (tertiary/aromatic N) is 1. The van der Waals surface area contributed by atoms with Crippen LogP contribution < -0.4 is 5.32 Å². The predicted octanol–water partition coefficient (Wildman–Crippen LogP) is 3.89. The maximum Gasteiger partial charge on any atom is 0.0386 e. The Kier molecular flexibility index (Phi) is 6.70. The van der Waals surface area contributed by atoms with Crippen molar-refractivity contribution in [2.24, 2.45) is 0 Å². The molecule has 0 fully saturated rings. The van der Waals surface area contributed by atoms with Gasteiger partial charge in [-0.1, -0.05) is 6.92 Å². The minimum absolute atomic E-state index is 0.441. The van der Waals surface area contributed by atoms with Crippen LogP contribution in [0.25, 0.3) is 0 Å². The smallest absolute Gasteiger partial charge is 0.0386 e. The van der Waals surface area contributed by atoms with Crippen molar-refractivity contribution in [3.63, 3.8) is 0 Å². The van der Waals surface area contributed by atoms with Crippen molar-refractivity contribution in [3.05, 3.63) is 20.8 Å². The average Bonchev–Trinajstić information content (AvgIpc) is 2.74. The summed E-state index contributed by atoms with van der Waals surface area (Å²) in [6.45, 7) is 8.88. The van der Waals surface area contributed by atoms with Gasteiger partial charge in [0, 0.05) is 39.9 Å². The molecule has 0 bridgehead atoms. The van der Waals surface area contributed by atoms with E-state index in [0.717, 1.165) is 13.1 Å². The summed E-state index contributed by atoms with van der Waals surface area (Å²) >= 11 is 5.30. The van der Waals surface area contributed by atoms with Gasteiger partial charge in [-0.2, -0.15) is 0 Å².